The first kappa shape index (κ1) is 24.6. The van der Waals surface area contributed by atoms with Crippen molar-refractivity contribution in [1.82, 2.24) is 5.32 Å². The van der Waals surface area contributed by atoms with E-state index < -0.39 is 11.2 Å². The molecule has 1 heterocycles. The Bertz CT molecular complexity index is 1300. The van der Waals surface area contributed by atoms with Gasteiger partial charge in [-0.1, -0.05) is 78.0 Å². The van der Waals surface area contributed by atoms with Crippen LogP contribution in [-0.4, -0.2) is 23.6 Å². The predicted molar refractivity (Wildman–Crippen MR) is 141 cm³/mol. The van der Waals surface area contributed by atoms with Crippen LogP contribution in [0.4, 0.5) is 5.69 Å². The third kappa shape index (κ3) is 5.76. The van der Waals surface area contributed by atoms with Crippen molar-refractivity contribution < 1.29 is 9.59 Å². The van der Waals surface area contributed by atoms with Crippen molar-refractivity contribution in [3.05, 3.63) is 111 Å². The minimum atomic E-state index is -0.491. The fourth-order valence-corrected chi connectivity index (χ4v) is 5.33. The van der Waals surface area contributed by atoms with Crippen LogP contribution in [0.15, 0.2) is 89.5 Å². The van der Waals surface area contributed by atoms with Crippen LogP contribution in [0.3, 0.4) is 0 Å². The third-order valence-electron chi connectivity index (χ3n) is 5.80. The molecule has 2 amide bonds. The summed E-state index contributed by atoms with van der Waals surface area (Å²) >= 11 is 7.32. The Balaban J connectivity index is 1.62. The number of anilines is 1. The van der Waals surface area contributed by atoms with Crippen molar-refractivity contribution in [2.45, 2.75) is 25.0 Å². The molecular formula is C28H24ClN3O2S. The molecule has 0 saturated carbocycles. The average Bonchev–Trinajstić information content (AvgIpc) is 3.17. The average molecular weight is 502 g/mol. The maximum absolute atomic E-state index is 13.6. The number of carbonyl (C=O) groups is 2. The number of nitriles is 1. The highest BCUT2D eigenvalue weighted by molar-refractivity contribution is 8.05. The summed E-state index contributed by atoms with van der Waals surface area (Å²) in [5.74, 6) is -0.658. The van der Waals surface area contributed by atoms with E-state index in [-0.39, 0.29) is 11.5 Å². The van der Waals surface area contributed by atoms with Crippen molar-refractivity contribution in [3.8, 4) is 6.07 Å². The number of aryl methyl sites for hydroxylation is 1. The summed E-state index contributed by atoms with van der Waals surface area (Å²) in [4.78, 5) is 28.1. The number of nitrogens with zero attached hydrogens (tertiary/aromatic N) is 2. The second-order valence-corrected chi connectivity index (χ2v) is 9.80. The van der Waals surface area contributed by atoms with E-state index in [0.29, 0.717) is 35.1 Å². The van der Waals surface area contributed by atoms with Crippen molar-refractivity contribution in [2.75, 3.05) is 11.4 Å². The van der Waals surface area contributed by atoms with Gasteiger partial charge in [0.2, 0.25) is 5.91 Å². The van der Waals surface area contributed by atoms with E-state index in [2.05, 4.69) is 5.32 Å². The van der Waals surface area contributed by atoms with Crippen LogP contribution in [0.25, 0.3) is 0 Å². The minimum Gasteiger partial charge on any atom is -0.351 e. The van der Waals surface area contributed by atoms with Crippen LogP contribution < -0.4 is 10.2 Å². The molecule has 5 nitrogen and oxygen atoms in total. The quantitative estimate of drug-likeness (QED) is 0.346. The lowest BCUT2D eigenvalue weighted by molar-refractivity contribution is -0.117. The number of nitrogens with one attached hydrogen (secondary N) is 1. The molecular weight excluding hydrogens is 478 g/mol. The van der Waals surface area contributed by atoms with Gasteiger partial charge in [0, 0.05) is 17.3 Å². The van der Waals surface area contributed by atoms with Gasteiger partial charge in [-0.05, 0) is 60.7 Å². The number of hydrogen-bond donors (Lipinski definition) is 1. The molecule has 0 aromatic heterocycles. The summed E-state index contributed by atoms with van der Waals surface area (Å²) in [6, 6.07) is 26.6. The molecule has 35 heavy (non-hydrogen) atoms. The lowest BCUT2D eigenvalue weighted by Crippen LogP contribution is -2.32. The van der Waals surface area contributed by atoms with E-state index in [1.54, 1.807) is 24.3 Å². The Morgan fingerprint density at radius 1 is 1.06 bits per heavy atom. The van der Waals surface area contributed by atoms with Gasteiger partial charge in [0.25, 0.3) is 5.91 Å². The molecule has 3 aromatic rings. The van der Waals surface area contributed by atoms with Gasteiger partial charge in [-0.15, -0.1) is 0 Å². The SMILES string of the molecule is Cc1ccccc1CC1S/C(=C(/C#N)C(=O)NCCc2ccccc2)N(c2ccc(Cl)cc2)C1=O. The predicted octanol–water partition coefficient (Wildman–Crippen LogP) is 5.43. The number of amides is 2. The van der Waals surface area contributed by atoms with Crippen LogP contribution in [0, 0.1) is 18.3 Å². The minimum absolute atomic E-state index is 0.0707. The molecule has 1 aliphatic heterocycles. The number of carbonyl (C=O) groups excluding carboxylic acids is 2. The van der Waals surface area contributed by atoms with Gasteiger partial charge in [0.05, 0.1) is 5.25 Å². The summed E-state index contributed by atoms with van der Waals surface area (Å²) in [5, 5.41) is 13.2. The van der Waals surface area contributed by atoms with E-state index in [4.69, 9.17) is 11.6 Å². The number of halogens is 1. The van der Waals surface area contributed by atoms with Gasteiger partial charge < -0.3 is 5.32 Å². The number of benzene rings is 3. The first-order valence-corrected chi connectivity index (χ1v) is 12.5. The monoisotopic (exact) mass is 501 g/mol. The zero-order chi connectivity index (χ0) is 24.8. The maximum atomic E-state index is 13.6. The lowest BCUT2D eigenvalue weighted by Gasteiger charge is -2.19. The summed E-state index contributed by atoms with van der Waals surface area (Å²) in [7, 11) is 0. The highest BCUT2D eigenvalue weighted by atomic mass is 35.5. The zero-order valence-electron chi connectivity index (χ0n) is 19.2. The molecule has 1 N–H and O–H groups in total. The fourth-order valence-electron chi connectivity index (χ4n) is 3.90. The lowest BCUT2D eigenvalue weighted by atomic mass is 10.0. The molecule has 1 saturated heterocycles. The molecule has 4 rings (SSSR count). The van der Waals surface area contributed by atoms with Crippen LogP contribution in [0.1, 0.15) is 16.7 Å². The van der Waals surface area contributed by atoms with Crippen LogP contribution >= 0.6 is 23.4 Å². The van der Waals surface area contributed by atoms with E-state index in [0.717, 1.165) is 16.7 Å². The topological polar surface area (TPSA) is 73.2 Å². The van der Waals surface area contributed by atoms with Gasteiger partial charge in [-0.3, -0.25) is 14.5 Å². The smallest absolute Gasteiger partial charge is 0.264 e. The van der Waals surface area contributed by atoms with Crippen molar-refractivity contribution >= 4 is 40.9 Å². The fraction of sp³-hybridized carbons (Fsp3) is 0.179. The molecule has 7 heteroatoms. The first-order valence-electron chi connectivity index (χ1n) is 11.2. The van der Waals surface area contributed by atoms with Crippen LogP contribution in [0.2, 0.25) is 5.02 Å². The van der Waals surface area contributed by atoms with Crippen molar-refractivity contribution in [2.24, 2.45) is 0 Å². The van der Waals surface area contributed by atoms with Gasteiger partial charge in [0.1, 0.15) is 16.7 Å². The molecule has 3 aromatic carbocycles. The Morgan fingerprint density at radius 3 is 2.43 bits per heavy atom. The number of hydrogen-bond acceptors (Lipinski definition) is 4. The highest BCUT2D eigenvalue weighted by Crippen LogP contribution is 2.42. The van der Waals surface area contributed by atoms with E-state index in [9.17, 15) is 14.9 Å². The molecule has 1 atom stereocenters. The third-order valence-corrected chi connectivity index (χ3v) is 7.31. The normalized spacial score (nSPS) is 16.7. The standard InChI is InChI=1S/C28H24ClN3O2S/c1-19-7-5-6-10-21(19)17-25-27(34)32(23-13-11-22(29)12-14-23)28(35-25)24(18-30)26(33)31-16-15-20-8-3-2-4-9-20/h2-14,25H,15-17H2,1H3,(H,31,33)/b28-24-. The molecule has 0 radical (unpaired) electrons. The van der Waals surface area contributed by atoms with Gasteiger partial charge in [-0.2, -0.15) is 5.26 Å². The zero-order valence-corrected chi connectivity index (χ0v) is 20.8. The van der Waals surface area contributed by atoms with Crippen LogP contribution in [0.5, 0.6) is 0 Å². The van der Waals surface area contributed by atoms with Crippen LogP contribution in [-0.2, 0) is 22.4 Å². The number of thioether (sulfide) groups is 1. The maximum Gasteiger partial charge on any atom is 0.264 e. The summed E-state index contributed by atoms with van der Waals surface area (Å²) in [5.41, 5.74) is 3.74. The van der Waals surface area contributed by atoms with Crippen molar-refractivity contribution in [3.63, 3.8) is 0 Å². The summed E-state index contributed by atoms with van der Waals surface area (Å²) in [6.07, 6.45) is 1.14. The van der Waals surface area contributed by atoms with Gasteiger partial charge in [-0.25, -0.2) is 0 Å². The summed E-state index contributed by atoms with van der Waals surface area (Å²) in [6.45, 7) is 2.39. The molecule has 176 valence electrons. The molecule has 1 unspecified atom stereocenters. The van der Waals surface area contributed by atoms with E-state index >= 15 is 0 Å². The van der Waals surface area contributed by atoms with E-state index in [1.165, 1.54) is 16.7 Å². The Hall–Kier alpha value is -3.53. The van der Waals surface area contributed by atoms with Crippen molar-refractivity contribution in [1.29, 1.82) is 5.26 Å². The highest BCUT2D eigenvalue weighted by Gasteiger charge is 2.40. The molecule has 1 aliphatic rings. The number of rotatable bonds is 7. The second-order valence-electron chi connectivity index (χ2n) is 8.17. The molecule has 1 fully saturated rings. The van der Waals surface area contributed by atoms with E-state index in [1.807, 2.05) is 67.6 Å². The molecule has 0 aliphatic carbocycles. The largest absolute Gasteiger partial charge is 0.351 e. The van der Waals surface area contributed by atoms with Gasteiger partial charge in [0.15, 0.2) is 0 Å². The Kier molecular flexibility index (Phi) is 7.91. The second kappa shape index (κ2) is 11.3. The summed E-state index contributed by atoms with van der Waals surface area (Å²) < 4.78 is 0. The Labute approximate surface area is 214 Å². The van der Waals surface area contributed by atoms with Gasteiger partial charge >= 0.3 is 0 Å². The molecule has 0 bridgehead atoms. The Morgan fingerprint density at radius 2 is 1.74 bits per heavy atom. The first-order chi connectivity index (χ1) is 17.0. The molecule has 0 spiro atoms.